The summed E-state index contributed by atoms with van der Waals surface area (Å²) in [4.78, 5) is 38.4. The van der Waals surface area contributed by atoms with E-state index in [0.29, 0.717) is 35.1 Å². The van der Waals surface area contributed by atoms with Crippen molar-refractivity contribution in [3.63, 3.8) is 0 Å². The third kappa shape index (κ3) is 5.57. The minimum atomic E-state index is -0.438. The second-order valence-corrected chi connectivity index (χ2v) is 8.03. The molecule has 1 aliphatic heterocycles. The molecule has 152 valence electrons. The molecule has 0 saturated carbocycles. The van der Waals surface area contributed by atoms with Crippen LogP contribution in [0.2, 0.25) is 5.02 Å². The first-order valence-electron chi connectivity index (χ1n) is 9.58. The van der Waals surface area contributed by atoms with Crippen molar-refractivity contribution in [2.24, 2.45) is 11.8 Å². The Bertz CT molecular complexity index is 912. The first-order valence-corrected chi connectivity index (χ1v) is 9.96. The second-order valence-electron chi connectivity index (χ2n) is 7.60. The molecule has 0 aliphatic carbocycles. The molecule has 29 heavy (non-hydrogen) atoms. The standard InChI is InChI=1S/C22H24ClN3O3/c1-14(2)10-20(27)24-17-6-8-18(9-7-17)25-22(29)15-11-21(28)26(13-15)19-5-3-4-16(23)12-19/h3-9,12,14-15H,10-11,13H2,1-2H3,(H,24,27)(H,25,29). The fourth-order valence-electron chi connectivity index (χ4n) is 3.24. The lowest BCUT2D eigenvalue weighted by molar-refractivity contribution is -0.122. The van der Waals surface area contributed by atoms with Gasteiger partial charge in [0.15, 0.2) is 0 Å². The molecule has 1 fully saturated rings. The van der Waals surface area contributed by atoms with Crippen LogP contribution in [-0.4, -0.2) is 24.3 Å². The Morgan fingerprint density at radius 2 is 1.76 bits per heavy atom. The van der Waals surface area contributed by atoms with Crippen LogP contribution in [0.25, 0.3) is 0 Å². The zero-order chi connectivity index (χ0) is 21.0. The van der Waals surface area contributed by atoms with Gasteiger partial charge in [0, 0.05) is 41.5 Å². The summed E-state index contributed by atoms with van der Waals surface area (Å²) >= 11 is 6.00. The maximum atomic E-state index is 12.6. The SMILES string of the molecule is CC(C)CC(=O)Nc1ccc(NC(=O)C2CC(=O)N(c3cccc(Cl)c3)C2)cc1. The van der Waals surface area contributed by atoms with Gasteiger partial charge in [-0.15, -0.1) is 0 Å². The lowest BCUT2D eigenvalue weighted by atomic mass is 10.1. The molecular weight excluding hydrogens is 390 g/mol. The quantitative estimate of drug-likeness (QED) is 0.740. The van der Waals surface area contributed by atoms with Gasteiger partial charge in [0.2, 0.25) is 17.7 Å². The van der Waals surface area contributed by atoms with E-state index in [0.717, 1.165) is 0 Å². The van der Waals surface area contributed by atoms with Crippen LogP contribution < -0.4 is 15.5 Å². The third-order valence-electron chi connectivity index (χ3n) is 4.65. The molecule has 1 saturated heterocycles. The van der Waals surface area contributed by atoms with Crippen molar-refractivity contribution in [1.29, 1.82) is 0 Å². The number of rotatable bonds is 6. The van der Waals surface area contributed by atoms with Gasteiger partial charge in [0.1, 0.15) is 0 Å². The number of anilines is 3. The number of hydrogen-bond donors (Lipinski definition) is 2. The molecule has 2 N–H and O–H groups in total. The lowest BCUT2D eigenvalue weighted by Crippen LogP contribution is -2.28. The van der Waals surface area contributed by atoms with Crippen molar-refractivity contribution >= 4 is 46.4 Å². The summed E-state index contributed by atoms with van der Waals surface area (Å²) in [6.07, 6.45) is 0.610. The molecule has 1 heterocycles. The third-order valence-corrected chi connectivity index (χ3v) is 4.88. The van der Waals surface area contributed by atoms with Crippen LogP contribution >= 0.6 is 11.6 Å². The van der Waals surface area contributed by atoms with Crippen LogP contribution in [0.1, 0.15) is 26.7 Å². The number of carbonyl (C=O) groups is 3. The summed E-state index contributed by atoms with van der Waals surface area (Å²) in [5.74, 6) is -0.501. The van der Waals surface area contributed by atoms with E-state index in [1.807, 2.05) is 13.8 Å². The average molecular weight is 414 g/mol. The molecule has 0 radical (unpaired) electrons. The zero-order valence-electron chi connectivity index (χ0n) is 16.4. The number of carbonyl (C=O) groups excluding carboxylic acids is 3. The van der Waals surface area contributed by atoms with Gasteiger partial charge in [-0.1, -0.05) is 31.5 Å². The number of benzene rings is 2. The Morgan fingerprint density at radius 3 is 2.38 bits per heavy atom. The largest absolute Gasteiger partial charge is 0.326 e. The Morgan fingerprint density at radius 1 is 1.10 bits per heavy atom. The van der Waals surface area contributed by atoms with Crippen LogP contribution in [0.15, 0.2) is 48.5 Å². The van der Waals surface area contributed by atoms with Gasteiger partial charge >= 0.3 is 0 Å². The Kier molecular flexibility index (Phi) is 6.54. The van der Waals surface area contributed by atoms with Crippen LogP contribution in [0, 0.1) is 11.8 Å². The highest BCUT2D eigenvalue weighted by molar-refractivity contribution is 6.31. The summed E-state index contributed by atoms with van der Waals surface area (Å²) in [5.41, 5.74) is 1.99. The Balaban J connectivity index is 1.58. The summed E-state index contributed by atoms with van der Waals surface area (Å²) in [7, 11) is 0. The first-order chi connectivity index (χ1) is 13.8. The molecular formula is C22H24ClN3O3. The van der Waals surface area contributed by atoms with Gasteiger partial charge in [0.25, 0.3) is 0 Å². The molecule has 1 atom stereocenters. The molecule has 2 aromatic rings. The topological polar surface area (TPSA) is 78.5 Å². The number of amides is 3. The molecule has 3 amide bonds. The lowest BCUT2D eigenvalue weighted by Gasteiger charge is -2.17. The van der Waals surface area contributed by atoms with E-state index in [9.17, 15) is 14.4 Å². The monoisotopic (exact) mass is 413 g/mol. The number of hydrogen-bond acceptors (Lipinski definition) is 3. The fourth-order valence-corrected chi connectivity index (χ4v) is 3.43. The Labute approximate surface area is 175 Å². The van der Waals surface area contributed by atoms with Crippen LogP contribution in [0.5, 0.6) is 0 Å². The highest BCUT2D eigenvalue weighted by Crippen LogP contribution is 2.28. The van der Waals surface area contributed by atoms with Crippen molar-refractivity contribution in [2.75, 3.05) is 22.1 Å². The van der Waals surface area contributed by atoms with E-state index in [1.165, 1.54) is 0 Å². The molecule has 2 aromatic carbocycles. The summed E-state index contributed by atoms with van der Waals surface area (Å²) in [6.45, 7) is 4.29. The summed E-state index contributed by atoms with van der Waals surface area (Å²) < 4.78 is 0. The van der Waals surface area contributed by atoms with E-state index < -0.39 is 5.92 Å². The van der Waals surface area contributed by atoms with Gasteiger partial charge in [0.05, 0.1) is 5.92 Å². The van der Waals surface area contributed by atoms with Gasteiger partial charge in [-0.05, 0) is 48.4 Å². The normalized spacial score (nSPS) is 16.2. The maximum absolute atomic E-state index is 12.6. The van der Waals surface area contributed by atoms with Crippen LogP contribution in [-0.2, 0) is 14.4 Å². The summed E-state index contributed by atoms with van der Waals surface area (Å²) in [5, 5.41) is 6.22. The van der Waals surface area contributed by atoms with Crippen molar-refractivity contribution < 1.29 is 14.4 Å². The fraction of sp³-hybridized carbons (Fsp3) is 0.318. The predicted octanol–water partition coefficient (Wildman–Crippen LogP) is 4.32. The van der Waals surface area contributed by atoms with Crippen molar-refractivity contribution in [1.82, 2.24) is 0 Å². The van der Waals surface area contributed by atoms with Crippen molar-refractivity contribution in [3.8, 4) is 0 Å². The first kappa shape index (κ1) is 20.9. The number of nitrogens with one attached hydrogen (secondary N) is 2. The maximum Gasteiger partial charge on any atom is 0.229 e. The van der Waals surface area contributed by atoms with Crippen molar-refractivity contribution in [2.45, 2.75) is 26.7 Å². The number of halogens is 1. The Hall–Kier alpha value is -2.86. The molecule has 1 aliphatic rings. The minimum Gasteiger partial charge on any atom is -0.326 e. The van der Waals surface area contributed by atoms with Crippen LogP contribution in [0.3, 0.4) is 0 Å². The molecule has 1 unspecified atom stereocenters. The van der Waals surface area contributed by atoms with Gasteiger partial charge < -0.3 is 15.5 Å². The smallest absolute Gasteiger partial charge is 0.229 e. The molecule has 6 nitrogen and oxygen atoms in total. The highest BCUT2D eigenvalue weighted by atomic mass is 35.5. The highest BCUT2D eigenvalue weighted by Gasteiger charge is 2.35. The zero-order valence-corrected chi connectivity index (χ0v) is 17.2. The number of nitrogens with zero attached hydrogens (tertiary/aromatic N) is 1. The molecule has 7 heteroatoms. The van der Waals surface area contributed by atoms with E-state index in [2.05, 4.69) is 10.6 Å². The minimum absolute atomic E-state index is 0.0395. The molecule has 0 aromatic heterocycles. The summed E-state index contributed by atoms with van der Waals surface area (Å²) in [6, 6.07) is 14.0. The van der Waals surface area contributed by atoms with Gasteiger partial charge in [-0.2, -0.15) is 0 Å². The van der Waals surface area contributed by atoms with Crippen molar-refractivity contribution in [3.05, 3.63) is 53.6 Å². The van der Waals surface area contributed by atoms with E-state index in [4.69, 9.17) is 11.6 Å². The van der Waals surface area contributed by atoms with E-state index in [1.54, 1.807) is 53.4 Å². The van der Waals surface area contributed by atoms with Gasteiger partial charge in [-0.3, -0.25) is 14.4 Å². The second kappa shape index (κ2) is 9.09. The molecule has 0 bridgehead atoms. The van der Waals surface area contributed by atoms with Crippen LogP contribution in [0.4, 0.5) is 17.1 Å². The van der Waals surface area contributed by atoms with E-state index >= 15 is 0 Å². The molecule has 3 rings (SSSR count). The average Bonchev–Trinajstić information content (AvgIpc) is 3.04. The van der Waals surface area contributed by atoms with E-state index in [-0.39, 0.29) is 30.1 Å². The molecule has 0 spiro atoms. The predicted molar refractivity (Wildman–Crippen MR) is 115 cm³/mol. The van der Waals surface area contributed by atoms with Gasteiger partial charge in [-0.25, -0.2) is 0 Å².